The largest absolute Gasteiger partial charge is 0.376 e. The summed E-state index contributed by atoms with van der Waals surface area (Å²) in [5.74, 6) is 0. The van der Waals surface area contributed by atoms with Crippen LogP contribution in [0, 0.1) is 0 Å². The van der Waals surface area contributed by atoms with Gasteiger partial charge in [0.2, 0.25) is 0 Å². The zero-order chi connectivity index (χ0) is 39.8. The smallest absolute Gasteiger partial charge is 0.333 e. The first-order valence-corrected chi connectivity index (χ1v) is 21.3. The number of para-hydroxylation sites is 3. The third-order valence-electron chi connectivity index (χ3n) is 14.3. The Morgan fingerprint density at radius 1 is 0.500 bits per heavy atom. The molecule has 58 heavy (non-hydrogen) atoms. The summed E-state index contributed by atoms with van der Waals surface area (Å²) in [6.07, 6.45) is 2.36. The maximum absolute atomic E-state index is 2.70. The molecule has 7 aromatic carbocycles. The van der Waals surface area contributed by atoms with E-state index in [1.807, 2.05) is 0 Å². The molecule has 0 atom stereocenters. The summed E-state index contributed by atoms with van der Waals surface area (Å²) in [4.78, 5) is 5.37. The van der Waals surface area contributed by atoms with E-state index >= 15 is 0 Å². The third-order valence-corrected chi connectivity index (χ3v) is 14.3. The fraction of sp³-hybridized carbons (Fsp3) is 0.236. The molecule has 0 bridgehead atoms. The summed E-state index contributed by atoms with van der Waals surface area (Å²) in [7, 11) is 0. The Bertz CT molecular complexity index is 2740. The molecule has 4 aliphatic rings. The third kappa shape index (κ3) is 4.74. The highest BCUT2D eigenvalue weighted by Gasteiger charge is 2.53. The molecule has 0 spiro atoms. The summed E-state index contributed by atoms with van der Waals surface area (Å²) in [6.45, 7) is 16.9. The van der Waals surface area contributed by atoms with Crippen molar-refractivity contribution in [3.63, 3.8) is 0 Å². The van der Waals surface area contributed by atoms with Gasteiger partial charge in [-0.1, -0.05) is 170 Å². The number of hydrogen-bond donors (Lipinski definition) is 0. The zero-order valence-electron chi connectivity index (χ0n) is 34.9. The fourth-order valence-electron chi connectivity index (χ4n) is 11.2. The van der Waals surface area contributed by atoms with Crippen LogP contribution in [0.3, 0.4) is 0 Å². The van der Waals surface area contributed by atoms with E-state index in [0.29, 0.717) is 0 Å². The highest BCUT2D eigenvalue weighted by atomic mass is 15.2. The highest BCUT2D eigenvalue weighted by Crippen LogP contribution is 2.60. The van der Waals surface area contributed by atoms with Crippen molar-refractivity contribution in [2.24, 2.45) is 0 Å². The first kappa shape index (κ1) is 35.4. The molecule has 3 heteroatoms. The number of benzene rings is 7. The van der Waals surface area contributed by atoms with Gasteiger partial charge in [0.25, 0.3) is 0 Å². The summed E-state index contributed by atoms with van der Waals surface area (Å²) in [5.41, 5.74) is 20.9. The minimum atomic E-state index is -0.540. The maximum Gasteiger partial charge on any atom is 0.333 e. The molecule has 0 fully saturated rings. The van der Waals surface area contributed by atoms with Gasteiger partial charge in [0.1, 0.15) is 0 Å². The summed E-state index contributed by atoms with van der Waals surface area (Å²) < 4.78 is 0. The Kier molecular flexibility index (Phi) is 7.39. The Morgan fingerprint density at radius 3 is 1.71 bits per heavy atom. The lowest BCUT2D eigenvalue weighted by molar-refractivity contribution is 0.332. The van der Waals surface area contributed by atoms with Crippen LogP contribution < -0.4 is 20.6 Å². The van der Waals surface area contributed by atoms with E-state index in [1.54, 1.807) is 0 Å². The number of fused-ring (bicyclic) bond motifs is 7. The zero-order valence-corrected chi connectivity index (χ0v) is 34.9. The van der Waals surface area contributed by atoms with E-state index in [0.717, 1.165) is 0 Å². The van der Waals surface area contributed by atoms with Gasteiger partial charge in [0.05, 0.1) is 11.1 Å². The lowest BCUT2D eigenvalue weighted by Crippen LogP contribution is -2.63. The van der Waals surface area contributed by atoms with Crippen molar-refractivity contribution in [1.29, 1.82) is 0 Å². The minimum absolute atomic E-state index is 0.0487. The first-order chi connectivity index (χ1) is 27.9. The predicted molar refractivity (Wildman–Crippen MR) is 246 cm³/mol. The molecule has 0 unspecified atom stereocenters. The Labute approximate surface area is 345 Å². The van der Waals surface area contributed by atoms with Crippen molar-refractivity contribution in [2.75, 3.05) is 9.71 Å². The highest BCUT2D eigenvalue weighted by molar-refractivity contribution is 6.93. The molecule has 0 aromatic heterocycles. The average molecular weight is 751 g/mol. The molecule has 11 rings (SSSR count). The van der Waals surface area contributed by atoms with Gasteiger partial charge < -0.3 is 9.71 Å². The first-order valence-electron chi connectivity index (χ1n) is 21.3. The number of nitrogens with zero attached hydrogens (tertiary/aromatic N) is 2. The van der Waals surface area contributed by atoms with E-state index in [1.165, 1.54) is 102 Å². The van der Waals surface area contributed by atoms with Gasteiger partial charge in [0, 0.05) is 28.3 Å². The number of anilines is 5. The van der Waals surface area contributed by atoms with Gasteiger partial charge in [-0.3, -0.25) is 0 Å². The van der Waals surface area contributed by atoms with Gasteiger partial charge in [-0.15, -0.1) is 0 Å². The Hall–Kier alpha value is -5.80. The molecule has 284 valence electrons. The van der Waals surface area contributed by atoms with E-state index in [2.05, 4.69) is 216 Å². The molecule has 0 saturated heterocycles. The Balaban J connectivity index is 1.32. The molecule has 2 nitrogen and oxygen atoms in total. The van der Waals surface area contributed by atoms with Crippen LogP contribution in [0.1, 0.15) is 100 Å². The van der Waals surface area contributed by atoms with E-state index in [9.17, 15) is 0 Å². The van der Waals surface area contributed by atoms with E-state index in [-0.39, 0.29) is 23.1 Å². The van der Waals surface area contributed by atoms with Crippen LogP contribution in [0.5, 0.6) is 0 Å². The monoisotopic (exact) mass is 750 g/mol. The van der Waals surface area contributed by atoms with Crippen LogP contribution in [0.4, 0.5) is 28.4 Å². The average Bonchev–Trinajstić information content (AvgIpc) is 3.23. The SMILES string of the molecule is CC(C)(C)c1cc2c3c(c1)N1c4ccccc4C(c4ccccc4)(c4ccccc4)c4cccc(c41)B3N(c1ccccc1)c1cc3c(cc1-2)C(C)(C)CCC3(C)C. The van der Waals surface area contributed by atoms with Gasteiger partial charge in [-0.05, 0) is 121 Å². The van der Waals surface area contributed by atoms with Crippen molar-refractivity contribution in [3.8, 4) is 11.1 Å². The topological polar surface area (TPSA) is 6.48 Å². The van der Waals surface area contributed by atoms with Crippen molar-refractivity contribution >= 4 is 46.2 Å². The maximum atomic E-state index is 2.70. The van der Waals surface area contributed by atoms with Crippen LogP contribution in [0.25, 0.3) is 11.1 Å². The van der Waals surface area contributed by atoms with Crippen LogP contribution in [-0.4, -0.2) is 6.85 Å². The van der Waals surface area contributed by atoms with Crippen LogP contribution >= 0.6 is 0 Å². The predicted octanol–water partition coefficient (Wildman–Crippen LogP) is 12.7. The summed E-state index contributed by atoms with van der Waals surface area (Å²) in [6, 6.07) is 60.5. The molecule has 0 radical (unpaired) electrons. The second-order valence-corrected chi connectivity index (χ2v) is 19.6. The van der Waals surface area contributed by atoms with Crippen LogP contribution in [0.2, 0.25) is 0 Å². The normalized spacial score (nSPS) is 17.4. The lowest BCUT2D eigenvalue weighted by atomic mass is 9.42. The molecular formula is C55H51BN2. The Morgan fingerprint density at radius 2 is 1.07 bits per heavy atom. The van der Waals surface area contributed by atoms with Crippen molar-refractivity contribution in [2.45, 2.75) is 83.0 Å². The molecule has 0 saturated carbocycles. The quantitative estimate of drug-likeness (QED) is 0.166. The van der Waals surface area contributed by atoms with Crippen molar-refractivity contribution in [1.82, 2.24) is 0 Å². The molecule has 0 amide bonds. The van der Waals surface area contributed by atoms with E-state index < -0.39 is 5.41 Å². The molecule has 3 aliphatic heterocycles. The van der Waals surface area contributed by atoms with Gasteiger partial charge in [-0.25, -0.2) is 0 Å². The fourth-order valence-corrected chi connectivity index (χ4v) is 11.2. The molecule has 1 aliphatic carbocycles. The lowest BCUT2D eigenvalue weighted by Gasteiger charge is -2.53. The van der Waals surface area contributed by atoms with Gasteiger partial charge in [0.15, 0.2) is 0 Å². The van der Waals surface area contributed by atoms with Crippen LogP contribution in [0.15, 0.2) is 158 Å². The summed E-state index contributed by atoms with van der Waals surface area (Å²) >= 11 is 0. The second kappa shape index (κ2) is 12.1. The summed E-state index contributed by atoms with van der Waals surface area (Å²) in [5, 5.41) is 0. The van der Waals surface area contributed by atoms with Crippen molar-refractivity contribution in [3.05, 3.63) is 197 Å². The number of hydrogen-bond acceptors (Lipinski definition) is 2. The van der Waals surface area contributed by atoms with Gasteiger partial charge in [-0.2, -0.15) is 0 Å². The standard InChI is InChI=1S/C55H51BN2/c1-52(2,3)38-32-41-40-34-44-45(54(6,7)31-30-53(44,4)5)35-48(40)58(39-24-15-10-16-25-39)56-46-28-19-27-43-51(46)57(49(33-38)50(41)56)47-29-18-17-26-42(47)55(43,36-20-11-8-12-21-36)37-22-13-9-14-23-37/h8-29,32-35H,30-31H2,1-7H3. The number of rotatable bonds is 3. The minimum Gasteiger partial charge on any atom is -0.376 e. The van der Waals surface area contributed by atoms with Crippen LogP contribution in [-0.2, 0) is 21.7 Å². The molecule has 3 heterocycles. The van der Waals surface area contributed by atoms with Crippen molar-refractivity contribution < 1.29 is 0 Å². The molecule has 7 aromatic rings. The van der Waals surface area contributed by atoms with E-state index in [4.69, 9.17) is 0 Å². The second-order valence-electron chi connectivity index (χ2n) is 19.6. The molecule has 0 N–H and O–H groups in total. The molecular weight excluding hydrogens is 699 g/mol. The van der Waals surface area contributed by atoms with Gasteiger partial charge >= 0.3 is 6.85 Å².